The van der Waals surface area contributed by atoms with Crippen LogP contribution in [0, 0.1) is 5.82 Å². The Morgan fingerprint density at radius 1 is 1.00 bits per heavy atom. The quantitative estimate of drug-likeness (QED) is 0.605. The van der Waals surface area contributed by atoms with Gasteiger partial charge in [-0.1, -0.05) is 34.6 Å². The molecule has 0 N–H and O–H groups in total. The second kappa shape index (κ2) is 4.56. The van der Waals surface area contributed by atoms with Crippen molar-refractivity contribution in [2.45, 2.75) is 52.1 Å². The van der Waals surface area contributed by atoms with E-state index in [4.69, 9.17) is 0 Å². The SMILES string of the molecule is CC(C)c1cc(F)c(C(C)(C)C)c(C(F)(F)F)c1. The van der Waals surface area contributed by atoms with Gasteiger partial charge in [0.25, 0.3) is 0 Å². The third-order valence-corrected chi connectivity index (χ3v) is 2.83. The van der Waals surface area contributed by atoms with Crippen molar-refractivity contribution in [1.29, 1.82) is 0 Å². The maximum Gasteiger partial charge on any atom is 0.416 e. The maximum atomic E-state index is 14.0. The molecule has 0 aliphatic heterocycles. The van der Waals surface area contributed by atoms with Crippen molar-refractivity contribution < 1.29 is 17.6 Å². The Morgan fingerprint density at radius 3 is 1.83 bits per heavy atom. The smallest absolute Gasteiger partial charge is 0.207 e. The third kappa shape index (κ3) is 3.03. The maximum absolute atomic E-state index is 14.0. The molecule has 1 aromatic carbocycles. The normalized spacial score (nSPS) is 13.2. The van der Waals surface area contributed by atoms with Crippen LogP contribution in [0.4, 0.5) is 17.6 Å². The van der Waals surface area contributed by atoms with Gasteiger partial charge in [0.05, 0.1) is 5.56 Å². The van der Waals surface area contributed by atoms with Crippen molar-refractivity contribution in [3.63, 3.8) is 0 Å². The van der Waals surface area contributed by atoms with Gasteiger partial charge in [0.1, 0.15) is 5.82 Å². The van der Waals surface area contributed by atoms with E-state index in [0.29, 0.717) is 5.56 Å². The lowest BCUT2D eigenvalue weighted by Crippen LogP contribution is -2.22. The van der Waals surface area contributed by atoms with E-state index in [9.17, 15) is 17.6 Å². The summed E-state index contributed by atoms with van der Waals surface area (Å²) in [6, 6.07) is 2.27. The minimum absolute atomic E-state index is 0.144. The van der Waals surface area contributed by atoms with Crippen LogP contribution < -0.4 is 0 Å². The van der Waals surface area contributed by atoms with Gasteiger partial charge < -0.3 is 0 Å². The summed E-state index contributed by atoms with van der Waals surface area (Å²) in [6.07, 6.45) is -4.53. The lowest BCUT2D eigenvalue weighted by Gasteiger charge is -2.26. The van der Waals surface area contributed by atoms with E-state index in [2.05, 4.69) is 0 Å². The van der Waals surface area contributed by atoms with Crippen LogP contribution in [0.2, 0.25) is 0 Å². The van der Waals surface area contributed by atoms with Gasteiger partial charge >= 0.3 is 6.18 Å². The zero-order chi connectivity index (χ0) is 14.3. The number of hydrogen-bond donors (Lipinski definition) is 0. The highest BCUT2D eigenvalue weighted by Gasteiger charge is 2.38. The molecule has 0 unspecified atom stereocenters. The molecule has 102 valence electrons. The fourth-order valence-corrected chi connectivity index (χ4v) is 1.95. The molecule has 18 heavy (non-hydrogen) atoms. The molecular weight excluding hydrogens is 244 g/mol. The molecule has 0 bridgehead atoms. The molecule has 1 rings (SSSR count). The van der Waals surface area contributed by atoms with E-state index in [-0.39, 0.29) is 11.5 Å². The Morgan fingerprint density at radius 2 is 1.50 bits per heavy atom. The van der Waals surface area contributed by atoms with Crippen LogP contribution in [-0.4, -0.2) is 0 Å². The third-order valence-electron chi connectivity index (χ3n) is 2.83. The first-order chi connectivity index (χ1) is 7.94. The van der Waals surface area contributed by atoms with Crippen molar-refractivity contribution >= 4 is 0 Å². The summed E-state index contributed by atoms with van der Waals surface area (Å²) in [5.74, 6) is -0.921. The predicted molar refractivity (Wildman–Crippen MR) is 64.2 cm³/mol. The molecule has 0 aromatic heterocycles. The number of halogens is 4. The lowest BCUT2D eigenvalue weighted by atomic mass is 9.81. The predicted octanol–water partition coefficient (Wildman–Crippen LogP) is 5.27. The van der Waals surface area contributed by atoms with E-state index < -0.39 is 23.0 Å². The van der Waals surface area contributed by atoms with E-state index >= 15 is 0 Å². The lowest BCUT2D eigenvalue weighted by molar-refractivity contribution is -0.139. The zero-order valence-electron chi connectivity index (χ0n) is 11.2. The summed E-state index contributed by atoms with van der Waals surface area (Å²) >= 11 is 0. The van der Waals surface area contributed by atoms with Gasteiger partial charge in [-0.2, -0.15) is 13.2 Å². The molecule has 0 spiro atoms. The standard InChI is InChI=1S/C14H18F4/c1-8(2)9-6-10(14(16,17)18)12(11(15)7-9)13(3,4)5/h6-8H,1-5H3. The molecule has 4 heteroatoms. The van der Waals surface area contributed by atoms with Gasteiger partial charge in [-0.25, -0.2) is 4.39 Å². The summed E-state index contributed by atoms with van der Waals surface area (Å²) in [7, 11) is 0. The summed E-state index contributed by atoms with van der Waals surface area (Å²) < 4.78 is 53.1. The van der Waals surface area contributed by atoms with Gasteiger partial charge in [-0.15, -0.1) is 0 Å². The van der Waals surface area contributed by atoms with E-state index in [0.717, 1.165) is 6.07 Å². The van der Waals surface area contributed by atoms with Gasteiger partial charge in [-0.3, -0.25) is 0 Å². The van der Waals surface area contributed by atoms with Gasteiger partial charge in [0.2, 0.25) is 0 Å². The summed E-state index contributed by atoms with van der Waals surface area (Å²) in [4.78, 5) is 0. The fraction of sp³-hybridized carbons (Fsp3) is 0.571. The fourth-order valence-electron chi connectivity index (χ4n) is 1.95. The van der Waals surface area contributed by atoms with Crippen LogP contribution in [0.1, 0.15) is 57.2 Å². The number of rotatable bonds is 1. The second-order valence-corrected chi connectivity index (χ2v) is 5.83. The minimum Gasteiger partial charge on any atom is -0.207 e. The molecule has 0 atom stereocenters. The minimum atomic E-state index is -4.53. The average molecular weight is 262 g/mol. The van der Waals surface area contributed by atoms with Crippen LogP contribution in [0.25, 0.3) is 0 Å². The molecular formula is C14H18F4. The Hall–Kier alpha value is -1.06. The monoisotopic (exact) mass is 262 g/mol. The van der Waals surface area contributed by atoms with Crippen LogP contribution in [0.15, 0.2) is 12.1 Å². The van der Waals surface area contributed by atoms with Gasteiger partial charge in [-0.05, 0) is 29.0 Å². The average Bonchev–Trinajstić information content (AvgIpc) is 2.12. The van der Waals surface area contributed by atoms with Crippen molar-refractivity contribution in [2.75, 3.05) is 0 Å². The van der Waals surface area contributed by atoms with Gasteiger partial charge in [0, 0.05) is 5.56 Å². The van der Waals surface area contributed by atoms with E-state index in [1.54, 1.807) is 34.6 Å². The molecule has 0 heterocycles. The molecule has 0 amide bonds. The van der Waals surface area contributed by atoms with Crippen molar-refractivity contribution in [2.24, 2.45) is 0 Å². The van der Waals surface area contributed by atoms with Crippen LogP contribution in [-0.2, 0) is 11.6 Å². The van der Waals surface area contributed by atoms with Crippen LogP contribution >= 0.6 is 0 Å². The first kappa shape index (κ1) is 15.0. The largest absolute Gasteiger partial charge is 0.416 e. The Labute approximate surface area is 105 Å². The van der Waals surface area contributed by atoms with Crippen LogP contribution in [0.5, 0.6) is 0 Å². The number of alkyl halides is 3. The molecule has 0 aliphatic rings. The molecule has 0 radical (unpaired) electrons. The Balaban J connectivity index is 3.62. The van der Waals surface area contributed by atoms with Crippen molar-refractivity contribution in [1.82, 2.24) is 0 Å². The molecule has 0 saturated heterocycles. The molecule has 0 nitrogen and oxygen atoms in total. The van der Waals surface area contributed by atoms with Gasteiger partial charge in [0.15, 0.2) is 0 Å². The topological polar surface area (TPSA) is 0 Å². The highest BCUT2D eigenvalue weighted by Crippen LogP contribution is 2.40. The molecule has 1 aromatic rings. The zero-order valence-corrected chi connectivity index (χ0v) is 11.2. The first-order valence-corrected chi connectivity index (χ1v) is 5.85. The molecule has 0 fully saturated rings. The summed E-state index contributed by atoms with van der Waals surface area (Å²) in [6.45, 7) is 8.22. The van der Waals surface area contributed by atoms with Crippen molar-refractivity contribution in [3.05, 3.63) is 34.6 Å². The number of benzene rings is 1. The Bertz CT molecular complexity index is 436. The number of hydrogen-bond acceptors (Lipinski definition) is 0. The van der Waals surface area contributed by atoms with E-state index in [1.807, 2.05) is 0 Å². The second-order valence-electron chi connectivity index (χ2n) is 5.83. The first-order valence-electron chi connectivity index (χ1n) is 5.85. The summed E-state index contributed by atoms with van der Waals surface area (Å²) in [5, 5.41) is 0. The molecule has 0 aliphatic carbocycles. The Kier molecular flexibility index (Phi) is 3.80. The summed E-state index contributed by atoms with van der Waals surface area (Å²) in [5.41, 5.74) is -1.64. The highest BCUT2D eigenvalue weighted by molar-refractivity contribution is 5.40. The molecule has 0 saturated carbocycles. The highest BCUT2D eigenvalue weighted by atomic mass is 19.4. The van der Waals surface area contributed by atoms with Crippen LogP contribution in [0.3, 0.4) is 0 Å². The van der Waals surface area contributed by atoms with Crippen molar-refractivity contribution in [3.8, 4) is 0 Å². The van der Waals surface area contributed by atoms with E-state index in [1.165, 1.54) is 6.07 Å².